The Bertz CT molecular complexity index is 551. The summed E-state index contributed by atoms with van der Waals surface area (Å²) >= 11 is 5.80. The number of nitrogens with one attached hydrogen (secondary N) is 1. The van der Waals surface area contributed by atoms with Crippen LogP contribution in [-0.2, 0) is 17.6 Å². The Hall–Kier alpha value is -1.88. The third kappa shape index (κ3) is 4.37. The maximum atomic E-state index is 11.6. The van der Waals surface area contributed by atoms with Crippen molar-refractivity contribution in [2.45, 2.75) is 19.8 Å². The Balaban J connectivity index is 1.73. The Morgan fingerprint density at radius 2 is 2.11 bits per heavy atom. The van der Waals surface area contributed by atoms with E-state index in [1.165, 1.54) is 0 Å². The minimum atomic E-state index is -0.127. The summed E-state index contributed by atoms with van der Waals surface area (Å²) in [5, 5.41) is 7.14. The van der Waals surface area contributed by atoms with Crippen LogP contribution in [0.5, 0.6) is 0 Å². The van der Waals surface area contributed by atoms with Crippen LogP contribution >= 0.6 is 11.6 Å². The predicted octanol–water partition coefficient (Wildman–Crippen LogP) is 1.93. The van der Waals surface area contributed by atoms with Gasteiger partial charge in [-0.05, 0) is 31.0 Å². The first-order valence-corrected chi connectivity index (χ1v) is 6.31. The van der Waals surface area contributed by atoms with Gasteiger partial charge in [0.15, 0.2) is 5.82 Å². The number of carbonyl (C=O) groups is 1. The molecule has 2 rings (SSSR count). The van der Waals surface area contributed by atoms with E-state index in [-0.39, 0.29) is 12.3 Å². The highest BCUT2D eigenvalue weighted by Gasteiger charge is 2.08. The molecular weight excluding hydrogens is 266 g/mol. The summed E-state index contributed by atoms with van der Waals surface area (Å²) in [6, 6.07) is 7.55. The van der Waals surface area contributed by atoms with Crippen LogP contribution in [0, 0.1) is 6.92 Å². The van der Waals surface area contributed by atoms with Gasteiger partial charge in [-0.2, -0.15) is 4.98 Å². The van der Waals surface area contributed by atoms with Crippen molar-refractivity contribution in [2.24, 2.45) is 0 Å². The number of rotatable bonds is 5. The van der Waals surface area contributed by atoms with Crippen LogP contribution in [-0.4, -0.2) is 22.6 Å². The number of nitrogens with zero attached hydrogens (tertiary/aromatic N) is 2. The summed E-state index contributed by atoms with van der Waals surface area (Å²) in [5.74, 6) is 0.739. The first-order chi connectivity index (χ1) is 9.13. The quantitative estimate of drug-likeness (QED) is 0.908. The molecule has 0 saturated carbocycles. The van der Waals surface area contributed by atoms with E-state index in [4.69, 9.17) is 16.1 Å². The highest BCUT2D eigenvalue weighted by atomic mass is 35.5. The van der Waals surface area contributed by atoms with Crippen LogP contribution < -0.4 is 5.32 Å². The van der Waals surface area contributed by atoms with E-state index in [2.05, 4.69) is 15.5 Å². The van der Waals surface area contributed by atoms with Crippen molar-refractivity contribution >= 4 is 17.5 Å². The SMILES string of the molecule is Cc1noc(CC(=O)NCCc2ccc(Cl)cc2)n1. The fourth-order valence-corrected chi connectivity index (χ4v) is 1.74. The van der Waals surface area contributed by atoms with Crippen molar-refractivity contribution in [3.63, 3.8) is 0 Å². The molecule has 0 aliphatic rings. The van der Waals surface area contributed by atoms with Crippen LogP contribution in [0.25, 0.3) is 0 Å². The third-order valence-corrected chi connectivity index (χ3v) is 2.78. The van der Waals surface area contributed by atoms with E-state index in [1.54, 1.807) is 6.92 Å². The minimum Gasteiger partial charge on any atom is -0.355 e. The van der Waals surface area contributed by atoms with Gasteiger partial charge >= 0.3 is 0 Å². The van der Waals surface area contributed by atoms with Crippen LogP contribution in [0.1, 0.15) is 17.3 Å². The zero-order valence-electron chi connectivity index (χ0n) is 10.5. The molecular formula is C13H14ClN3O2. The van der Waals surface area contributed by atoms with Crippen LogP contribution in [0.15, 0.2) is 28.8 Å². The Morgan fingerprint density at radius 1 is 1.37 bits per heavy atom. The summed E-state index contributed by atoms with van der Waals surface area (Å²) < 4.78 is 4.88. The molecule has 19 heavy (non-hydrogen) atoms. The third-order valence-electron chi connectivity index (χ3n) is 2.53. The molecule has 0 fully saturated rings. The molecule has 1 aromatic carbocycles. The fraction of sp³-hybridized carbons (Fsp3) is 0.308. The Kier molecular flexibility index (Phi) is 4.52. The number of carbonyl (C=O) groups excluding carboxylic acids is 1. The normalized spacial score (nSPS) is 10.4. The number of halogens is 1. The van der Waals surface area contributed by atoms with Crippen molar-refractivity contribution in [2.75, 3.05) is 6.54 Å². The lowest BCUT2D eigenvalue weighted by molar-refractivity contribution is -0.120. The fourth-order valence-electron chi connectivity index (χ4n) is 1.61. The summed E-state index contributed by atoms with van der Waals surface area (Å²) in [6.45, 7) is 2.28. The first-order valence-electron chi connectivity index (χ1n) is 5.94. The molecule has 0 bridgehead atoms. The van der Waals surface area contributed by atoms with Crippen molar-refractivity contribution in [3.05, 3.63) is 46.6 Å². The van der Waals surface area contributed by atoms with E-state index in [1.807, 2.05) is 24.3 Å². The maximum Gasteiger partial charge on any atom is 0.236 e. The molecule has 0 radical (unpaired) electrons. The molecule has 0 atom stereocenters. The first kappa shape index (κ1) is 13.5. The second kappa shape index (κ2) is 6.33. The number of amides is 1. The molecule has 1 amide bonds. The molecule has 1 heterocycles. The highest BCUT2D eigenvalue weighted by molar-refractivity contribution is 6.30. The lowest BCUT2D eigenvalue weighted by Gasteiger charge is -2.03. The molecule has 0 unspecified atom stereocenters. The standard InChI is InChI=1S/C13H14ClN3O2/c1-9-16-13(19-17-9)8-12(18)15-7-6-10-2-4-11(14)5-3-10/h2-5H,6-8H2,1H3,(H,15,18). The highest BCUT2D eigenvalue weighted by Crippen LogP contribution is 2.09. The van der Waals surface area contributed by atoms with Gasteiger partial charge in [0.05, 0.1) is 0 Å². The van der Waals surface area contributed by atoms with Gasteiger partial charge in [0.1, 0.15) is 6.42 Å². The largest absolute Gasteiger partial charge is 0.355 e. The molecule has 1 N–H and O–H groups in total. The van der Waals surface area contributed by atoms with Crippen molar-refractivity contribution < 1.29 is 9.32 Å². The topological polar surface area (TPSA) is 68.0 Å². The van der Waals surface area contributed by atoms with Gasteiger partial charge in [0, 0.05) is 11.6 Å². The van der Waals surface area contributed by atoms with E-state index in [9.17, 15) is 4.79 Å². The summed E-state index contributed by atoms with van der Waals surface area (Å²) in [6.07, 6.45) is 0.868. The van der Waals surface area contributed by atoms with Gasteiger partial charge in [-0.1, -0.05) is 28.9 Å². The molecule has 5 nitrogen and oxygen atoms in total. The van der Waals surface area contributed by atoms with Crippen molar-refractivity contribution in [3.8, 4) is 0 Å². The minimum absolute atomic E-state index is 0.113. The van der Waals surface area contributed by atoms with E-state index >= 15 is 0 Å². The molecule has 0 spiro atoms. The molecule has 0 saturated heterocycles. The van der Waals surface area contributed by atoms with Crippen molar-refractivity contribution in [1.29, 1.82) is 0 Å². The van der Waals surface area contributed by atoms with Crippen LogP contribution in [0.2, 0.25) is 5.02 Å². The average molecular weight is 280 g/mol. The molecule has 0 aliphatic carbocycles. The molecule has 6 heteroatoms. The molecule has 100 valence electrons. The molecule has 2 aromatic rings. The van der Waals surface area contributed by atoms with Crippen molar-refractivity contribution in [1.82, 2.24) is 15.5 Å². The van der Waals surface area contributed by atoms with Crippen LogP contribution in [0.3, 0.4) is 0 Å². The predicted molar refractivity (Wildman–Crippen MR) is 70.9 cm³/mol. The van der Waals surface area contributed by atoms with Gasteiger partial charge in [-0.25, -0.2) is 0 Å². The van der Waals surface area contributed by atoms with Gasteiger partial charge in [-0.15, -0.1) is 0 Å². The Labute approximate surface area is 116 Å². The number of hydrogen-bond donors (Lipinski definition) is 1. The number of hydrogen-bond acceptors (Lipinski definition) is 4. The number of aryl methyl sites for hydroxylation is 1. The average Bonchev–Trinajstić information content (AvgIpc) is 2.77. The van der Waals surface area contributed by atoms with Gasteiger partial charge in [0.2, 0.25) is 11.8 Å². The zero-order valence-corrected chi connectivity index (χ0v) is 11.3. The summed E-state index contributed by atoms with van der Waals surface area (Å²) in [5.41, 5.74) is 1.12. The molecule has 0 aliphatic heterocycles. The van der Waals surface area contributed by atoms with Gasteiger partial charge < -0.3 is 9.84 Å². The monoisotopic (exact) mass is 279 g/mol. The van der Waals surface area contributed by atoms with E-state index < -0.39 is 0 Å². The smallest absolute Gasteiger partial charge is 0.236 e. The van der Waals surface area contributed by atoms with Gasteiger partial charge in [0.25, 0.3) is 0 Å². The maximum absolute atomic E-state index is 11.6. The second-order valence-electron chi connectivity index (χ2n) is 4.14. The van der Waals surface area contributed by atoms with Crippen LogP contribution in [0.4, 0.5) is 0 Å². The summed E-state index contributed by atoms with van der Waals surface area (Å²) in [7, 11) is 0. The number of aromatic nitrogens is 2. The van der Waals surface area contributed by atoms with E-state index in [0.717, 1.165) is 12.0 Å². The second-order valence-corrected chi connectivity index (χ2v) is 4.57. The Morgan fingerprint density at radius 3 is 2.74 bits per heavy atom. The lowest BCUT2D eigenvalue weighted by atomic mass is 10.1. The van der Waals surface area contributed by atoms with Gasteiger partial charge in [-0.3, -0.25) is 4.79 Å². The lowest BCUT2D eigenvalue weighted by Crippen LogP contribution is -2.27. The van der Waals surface area contributed by atoms with E-state index in [0.29, 0.717) is 23.3 Å². The summed E-state index contributed by atoms with van der Waals surface area (Å²) in [4.78, 5) is 15.6. The molecule has 1 aromatic heterocycles. The number of benzene rings is 1. The zero-order chi connectivity index (χ0) is 13.7.